The van der Waals surface area contributed by atoms with Crippen molar-refractivity contribution in [3.63, 3.8) is 0 Å². The van der Waals surface area contributed by atoms with Crippen molar-refractivity contribution in [2.75, 3.05) is 46.9 Å². The number of hydrogen-bond donors (Lipinski definition) is 1. The molecule has 1 N–H and O–H groups in total. The molecule has 0 aromatic rings. The lowest BCUT2D eigenvalue weighted by Crippen LogP contribution is -2.38. The third-order valence-corrected chi connectivity index (χ3v) is 4.24. The summed E-state index contributed by atoms with van der Waals surface area (Å²) in [5, 5.41) is 3.71. The van der Waals surface area contributed by atoms with E-state index in [0.717, 1.165) is 38.3 Å². The summed E-state index contributed by atoms with van der Waals surface area (Å²) in [6, 6.07) is 2.40. The first-order valence-corrected chi connectivity index (χ1v) is 7.37. The van der Waals surface area contributed by atoms with E-state index in [1.165, 1.54) is 25.8 Å². The van der Waals surface area contributed by atoms with Crippen LogP contribution in [0.25, 0.3) is 0 Å². The first-order valence-electron chi connectivity index (χ1n) is 7.37. The molecule has 1 heterocycles. The topological polar surface area (TPSA) is 27.7 Å². The van der Waals surface area contributed by atoms with Crippen molar-refractivity contribution in [3.8, 4) is 0 Å². The van der Waals surface area contributed by atoms with Crippen LogP contribution in [0.5, 0.6) is 0 Å². The third kappa shape index (κ3) is 4.19. The van der Waals surface area contributed by atoms with Gasteiger partial charge in [0.1, 0.15) is 0 Å². The molecule has 1 aliphatic heterocycles. The predicted octanol–water partition coefficient (Wildman–Crippen LogP) is 0.779. The molecule has 106 valence electrons. The van der Waals surface area contributed by atoms with E-state index in [1.54, 1.807) is 7.11 Å². The van der Waals surface area contributed by atoms with Crippen LogP contribution >= 0.6 is 0 Å². The molecular weight excluding hydrogens is 226 g/mol. The maximum absolute atomic E-state index is 5.08. The molecule has 0 bridgehead atoms. The van der Waals surface area contributed by atoms with Crippen molar-refractivity contribution in [2.45, 2.75) is 44.3 Å². The Bertz CT molecular complexity index is 245. The van der Waals surface area contributed by atoms with Gasteiger partial charge in [-0.3, -0.25) is 4.90 Å². The Morgan fingerprint density at radius 3 is 2.78 bits per heavy atom. The number of ether oxygens (including phenoxy) is 1. The predicted molar refractivity (Wildman–Crippen MR) is 75.0 cm³/mol. The molecule has 0 aromatic carbocycles. The van der Waals surface area contributed by atoms with Crippen molar-refractivity contribution in [1.82, 2.24) is 15.1 Å². The molecule has 18 heavy (non-hydrogen) atoms. The molecule has 0 amide bonds. The van der Waals surface area contributed by atoms with Crippen molar-refractivity contribution in [2.24, 2.45) is 0 Å². The van der Waals surface area contributed by atoms with Gasteiger partial charge < -0.3 is 15.0 Å². The zero-order chi connectivity index (χ0) is 13.0. The van der Waals surface area contributed by atoms with E-state index >= 15 is 0 Å². The van der Waals surface area contributed by atoms with E-state index in [1.807, 2.05) is 0 Å². The number of nitrogens with one attached hydrogen (secondary N) is 1. The van der Waals surface area contributed by atoms with E-state index in [-0.39, 0.29) is 0 Å². The minimum Gasteiger partial charge on any atom is -0.383 e. The van der Waals surface area contributed by atoms with E-state index in [0.29, 0.717) is 6.04 Å². The van der Waals surface area contributed by atoms with Crippen molar-refractivity contribution in [1.29, 1.82) is 0 Å². The van der Waals surface area contributed by atoms with Gasteiger partial charge >= 0.3 is 0 Å². The Kier molecular flexibility index (Phi) is 5.42. The smallest absolute Gasteiger partial charge is 0.0589 e. The van der Waals surface area contributed by atoms with Crippen LogP contribution in [0.3, 0.4) is 0 Å². The van der Waals surface area contributed by atoms with Gasteiger partial charge in [0, 0.05) is 51.4 Å². The Morgan fingerprint density at radius 2 is 2.11 bits per heavy atom. The molecule has 1 saturated heterocycles. The fourth-order valence-electron chi connectivity index (χ4n) is 2.94. The fraction of sp³-hybridized carbons (Fsp3) is 1.00. The molecule has 4 nitrogen and oxygen atoms in total. The highest BCUT2D eigenvalue weighted by atomic mass is 16.5. The second-order valence-electron chi connectivity index (χ2n) is 5.96. The number of nitrogens with zero attached hydrogens (tertiary/aromatic N) is 2. The standard InChI is InChI=1S/C14H29N3O/c1-12-10-13(11-17(12)14-4-5-14)15-6-7-16(2)8-9-18-3/h12-15H,4-11H2,1-3H3. The first-order chi connectivity index (χ1) is 8.70. The van der Waals surface area contributed by atoms with Gasteiger partial charge in [-0.25, -0.2) is 0 Å². The third-order valence-electron chi connectivity index (χ3n) is 4.24. The van der Waals surface area contributed by atoms with Crippen LogP contribution in [0.4, 0.5) is 0 Å². The summed E-state index contributed by atoms with van der Waals surface area (Å²) < 4.78 is 5.08. The Morgan fingerprint density at radius 1 is 1.33 bits per heavy atom. The van der Waals surface area contributed by atoms with E-state index < -0.39 is 0 Å². The number of methoxy groups -OCH3 is 1. The molecule has 1 saturated carbocycles. The van der Waals surface area contributed by atoms with E-state index in [9.17, 15) is 0 Å². The van der Waals surface area contributed by atoms with Crippen LogP contribution in [0.15, 0.2) is 0 Å². The van der Waals surface area contributed by atoms with Crippen molar-refractivity contribution < 1.29 is 4.74 Å². The average Bonchev–Trinajstić information content (AvgIpc) is 3.11. The van der Waals surface area contributed by atoms with E-state index in [2.05, 4.69) is 29.1 Å². The van der Waals surface area contributed by atoms with Gasteiger partial charge in [0.05, 0.1) is 6.61 Å². The SMILES string of the molecule is COCCN(C)CCNC1CC(C)N(C2CC2)C1. The molecule has 2 aliphatic rings. The Labute approximate surface area is 112 Å². The summed E-state index contributed by atoms with van der Waals surface area (Å²) in [5.74, 6) is 0. The minimum atomic E-state index is 0.705. The molecule has 4 heteroatoms. The summed E-state index contributed by atoms with van der Waals surface area (Å²) in [5.41, 5.74) is 0. The van der Waals surface area contributed by atoms with Gasteiger partial charge in [0.15, 0.2) is 0 Å². The first kappa shape index (κ1) is 14.3. The van der Waals surface area contributed by atoms with Gasteiger partial charge in [-0.2, -0.15) is 0 Å². The highest BCUT2D eigenvalue weighted by molar-refractivity contribution is 4.95. The molecule has 2 atom stereocenters. The Balaban J connectivity index is 1.57. The highest BCUT2D eigenvalue weighted by Crippen LogP contribution is 2.33. The number of likely N-dealkylation sites (N-methyl/N-ethyl adjacent to an activating group) is 1. The molecular formula is C14H29N3O. The Hall–Kier alpha value is -0.160. The minimum absolute atomic E-state index is 0.705. The lowest BCUT2D eigenvalue weighted by molar-refractivity contribution is 0.161. The van der Waals surface area contributed by atoms with Crippen molar-refractivity contribution in [3.05, 3.63) is 0 Å². The normalized spacial score (nSPS) is 29.3. The van der Waals surface area contributed by atoms with Crippen LogP contribution in [-0.2, 0) is 4.74 Å². The van der Waals surface area contributed by atoms with Gasteiger partial charge in [-0.05, 0) is 33.2 Å². The maximum atomic E-state index is 5.08. The lowest BCUT2D eigenvalue weighted by Gasteiger charge is -2.20. The molecule has 2 fully saturated rings. The van der Waals surface area contributed by atoms with Crippen LogP contribution < -0.4 is 5.32 Å². The monoisotopic (exact) mass is 255 g/mol. The summed E-state index contributed by atoms with van der Waals surface area (Å²) in [7, 11) is 3.92. The second-order valence-corrected chi connectivity index (χ2v) is 5.96. The molecule has 0 aromatic heterocycles. The largest absolute Gasteiger partial charge is 0.383 e. The maximum Gasteiger partial charge on any atom is 0.0589 e. The summed E-state index contributed by atoms with van der Waals surface area (Å²) in [4.78, 5) is 5.03. The lowest BCUT2D eigenvalue weighted by atomic mass is 10.2. The van der Waals surface area contributed by atoms with Crippen LogP contribution in [-0.4, -0.2) is 74.9 Å². The molecule has 0 spiro atoms. The number of rotatable bonds is 8. The van der Waals surface area contributed by atoms with Crippen LogP contribution in [0, 0.1) is 0 Å². The molecule has 0 radical (unpaired) electrons. The van der Waals surface area contributed by atoms with Gasteiger partial charge in [-0.1, -0.05) is 0 Å². The zero-order valence-corrected chi connectivity index (χ0v) is 12.2. The number of likely N-dealkylation sites (tertiary alicyclic amines) is 1. The van der Waals surface area contributed by atoms with Crippen LogP contribution in [0.2, 0.25) is 0 Å². The van der Waals surface area contributed by atoms with Gasteiger partial charge in [0.25, 0.3) is 0 Å². The highest BCUT2D eigenvalue weighted by Gasteiger charge is 2.38. The average molecular weight is 255 g/mol. The quantitative estimate of drug-likeness (QED) is 0.694. The number of hydrogen-bond acceptors (Lipinski definition) is 4. The second kappa shape index (κ2) is 6.85. The van der Waals surface area contributed by atoms with Gasteiger partial charge in [0.2, 0.25) is 0 Å². The van der Waals surface area contributed by atoms with Crippen molar-refractivity contribution >= 4 is 0 Å². The molecule has 2 rings (SSSR count). The molecule has 1 aliphatic carbocycles. The fourth-order valence-corrected chi connectivity index (χ4v) is 2.94. The van der Waals surface area contributed by atoms with E-state index in [4.69, 9.17) is 4.74 Å². The summed E-state index contributed by atoms with van der Waals surface area (Å²) >= 11 is 0. The summed E-state index contributed by atoms with van der Waals surface area (Å²) in [6.45, 7) is 7.69. The van der Waals surface area contributed by atoms with Gasteiger partial charge in [-0.15, -0.1) is 0 Å². The molecule has 2 unspecified atom stereocenters. The van der Waals surface area contributed by atoms with Crippen LogP contribution in [0.1, 0.15) is 26.2 Å². The zero-order valence-electron chi connectivity index (χ0n) is 12.2. The summed E-state index contributed by atoms with van der Waals surface area (Å²) in [6.07, 6.45) is 4.17.